The Balaban J connectivity index is 1.69. The number of carbonyl (C=O) groups is 1. The van der Waals surface area contributed by atoms with Crippen LogP contribution in [0.15, 0.2) is 24.3 Å². The molecule has 0 aromatic heterocycles. The van der Waals surface area contributed by atoms with Crippen LogP contribution in [-0.2, 0) is 11.2 Å². The summed E-state index contributed by atoms with van der Waals surface area (Å²) < 4.78 is 0. The molecular weight excluding hydrogens is 212 g/mol. The SMILES string of the molecule is CC1(NC(=O)C2CNc3ccccc3C2)CC1. The van der Waals surface area contributed by atoms with Gasteiger partial charge in [0.05, 0.1) is 5.92 Å². The Morgan fingerprint density at radius 3 is 2.94 bits per heavy atom. The van der Waals surface area contributed by atoms with E-state index in [-0.39, 0.29) is 17.4 Å². The van der Waals surface area contributed by atoms with Crippen molar-refractivity contribution in [3.05, 3.63) is 29.8 Å². The molecule has 1 amide bonds. The lowest BCUT2D eigenvalue weighted by atomic mass is 9.93. The molecule has 1 aliphatic carbocycles. The minimum absolute atomic E-state index is 0.0716. The number of anilines is 1. The fourth-order valence-corrected chi connectivity index (χ4v) is 2.34. The number of para-hydroxylation sites is 1. The fourth-order valence-electron chi connectivity index (χ4n) is 2.34. The van der Waals surface area contributed by atoms with Gasteiger partial charge in [0.15, 0.2) is 0 Å². The molecule has 0 radical (unpaired) electrons. The third kappa shape index (κ3) is 2.14. The lowest BCUT2D eigenvalue weighted by Crippen LogP contribution is -2.43. The molecule has 3 rings (SSSR count). The zero-order valence-corrected chi connectivity index (χ0v) is 10.1. The van der Waals surface area contributed by atoms with E-state index in [2.05, 4.69) is 29.7 Å². The zero-order chi connectivity index (χ0) is 11.9. The second-order valence-electron chi connectivity index (χ2n) is 5.49. The molecule has 3 nitrogen and oxygen atoms in total. The summed E-state index contributed by atoms with van der Waals surface area (Å²) in [5, 5.41) is 6.49. The molecule has 90 valence electrons. The van der Waals surface area contributed by atoms with Gasteiger partial charge in [0, 0.05) is 17.8 Å². The van der Waals surface area contributed by atoms with Crippen molar-refractivity contribution in [3.63, 3.8) is 0 Å². The van der Waals surface area contributed by atoms with Crippen LogP contribution in [0.3, 0.4) is 0 Å². The van der Waals surface area contributed by atoms with Crippen molar-refractivity contribution < 1.29 is 4.79 Å². The Morgan fingerprint density at radius 2 is 2.18 bits per heavy atom. The average molecular weight is 230 g/mol. The maximum atomic E-state index is 12.1. The van der Waals surface area contributed by atoms with Crippen LogP contribution >= 0.6 is 0 Å². The summed E-state index contributed by atoms with van der Waals surface area (Å²) in [6, 6.07) is 8.23. The molecule has 1 aromatic rings. The maximum Gasteiger partial charge on any atom is 0.225 e. The lowest BCUT2D eigenvalue weighted by Gasteiger charge is -2.26. The minimum atomic E-state index is 0.0716. The molecule has 0 saturated heterocycles. The first-order valence-corrected chi connectivity index (χ1v) is 6.30. The predicted octanol–water partition coefficient (Wildman–Crippen LogP) is 1.94. The monoisotopic (exact) mass is 230 g/mol. The van der Waals surface area contributed by atoms with Crippen molar-refractivity contribution in [1.29, 1.82) is 0 Å². The zero-order valence-electron chi connectivity index (χ0n) is 10.1. The molecule has 1 atom stereocenters. The van der Waals surface area contributed by atoms with E-state index in [1.54, 1.807) is 0 Å². The summed E-state index contributed by atoms with van der Waals surface area (Å²) in [5.74, 6) is 0.273. The number of rotatable bonds is 2. The van der Waals surface area contributed by atoms with Crippen molar-refractivity contribution in [3.8, 4) is 0 Å². The molecular formula is C14H18N2O. The number of benzene rings is 1. The van der Waals surface area contributed by atoms with E-state index in [4.69, 9.17) is 0 Å². The van der Waals surface area contributed by atoms with E-state index in [1.165, 1.54) is 11.3 Å². The fraction of sp³-hybridized carbons (Fsp3) is 0.500. The van der Waals surface area contributed by atoms with Gasteiger partial charge in [-0.05, 0) is 37.8 Å². The highest BCUT2D eigenvalue weighted by Crippen LogP contribution is 2.35. The summed E-state index contributed by atoms with van der Waals surface area (Å²) in [6.45, 7) is 2.87. The topological polar surface area (TPSA) is 41.1 Å². The molecule has 2 N–H and O–H groups in total. The summed E-state index contributed by atoms with van der Waals surface area (Å²) in [5.41, 5.74) is 2.52. The standard InChI is InChI=1S/C14H18N2O/c1-14(6-7-14)16-13(17)11-8-10-4-2-3-5-12(10)15-9-11/h2-5,11,15H,6-9H2,1H3,(H,16,17). The van der Waals surface area contributed by atoms with Crippen LogP contribution in [0.4, 0.5) is 5.69 Å². The lowest BCUT2D eigenvalue weighted by molar-refractivity contribution is -0.125. The van der Waals surface area contributed by atoms with Crippen LogP contribution in [-0.4, -0.2) is 18.0 Å². The van der Waals surface area contributed by atoms with Gasteiger partial charge in [-0.25, -0.2) is 0 Å². The second kappa shape index (κ2) is 3.76. The van der Waals surface area contributed by atoms with E-state index in [9.17, 15) is 4.79 Å². The molecule has 1 unspecified atom stereocenters. The van der Waals surface area contributed by atoms with Gasteiger partial charge in [0.25, 0.3) is 0 Å². The van der Waals surface area contributed by atoms with Crippen LogP contribution in [0.25, 0.3) is 0 Å². The molecule has 2 aliphatic rings. The highest BCUT2D eigenvalue weighted by atomic mass is 16.2. The summed E-state index contributed by atoms with van der Waals surface area (Å²) in [4.78, 5) is 12.1. The van der Waals surface area contributed by atoms with Crippen molar-refractivity contribution in [2.45, 2.75) is 31.7 Å². The highest BCUT2D eigenvalue weighted by molar-refractivity contribution is 5.81. The van der Waals surface area contributed by atoms with E-state index in [0.29, 0.717) is 0 Å². The van der Waals surface area contributed by atoms with Crippen molar-refractivity contribution in [2.24, 2.45) is 5.92 Å². The van der Waals surface area contributed by atoms with E-state index in [1.807, 2.05) is 12.1 Å². The molecule has 1 heterocycles. The highest BCUT2D eigenvalue weighted by Gasteiger charge is 2.40. The Hall–Kier alpha value is -1.51. The molecule has 0 spiro atoms. The van der Waals surface area contributed by atoms with Gasteiger partial charge in [-0.1, -0.05) is 18.2 Å². The first kappa shape index (κ1) is 10.6. The quantitative estimate of drug-likeness (QED) is 0.815. The molecule has 1 aliphatic heterocycles. The van der Waals surface area contributed by atoms with Gasteiger partial charge < -0.3 is 10.6 Å². The molecule has 17 heavy (non-hydrogen) atoms. The van der Waals surface area contributed by atoms with Gasteiger partial charge in [-0.2, -0.15) is 0 Å². The number of carbonyl (C=O) groups excluding carboxylic acids is 1. The second-order valence-corrected chi connectivity index (χ2v) is 5.49. The van der Waals surface area contributed by atoms with Crippen LogP contribution < -0.4 is 10.6 Å². The van der Waals surface area contributed by atoms with Gasteiger partial charge in [-0.3, -0.25) is 4.79 Å². The predicted molar refractivity (Wildman–Crippen MR) is 67.9 cm³/mol. The first-order chi connectivity index (χ1) is 8.16. The van der Waals surface area contributed by atoms with Crippen LogP contribution in [0, 0.1) is 5.92 Å². The largest absolute Gasteiger partial charge is 0.384 e. The molecule has 1 saturated carbocycles. The van der Waals surface area contributed by atoms with E-state index in [0.717, 1.165) is 25.8 Å². The smallest absolute Gasteiger partial charge is 0.225 e. The van der Waals surface area contributed by atoms with E-state index >= 15 is 0 Å². The summed E-state index contributed by atoms with van der Waals surface area (Å²) in [7, 11) is 0. The summed E-state index contributed by atoms with van der Waals surface area (Å²) >= 11 is 0. The van der Waals surface area contributed by atoms with Crippen molar-refractivity contribution in [1.82, 2.24) is 5.32 Å². The van der Waals surface area contributed by atoms with E-state index < -0.39 is 0 Å². The number of fused-ring (bicyclic) bond motifs is 1. The molecule has 1 aromatic carbocycles. The Bertz CT molecular complexity index is 451. The first-order valence-electron chi connectivity index (χ1n) is 6.30. The third-order valence-electron chi connectivity index (χ3n) is 3.82. The van der Waals surface area contributed by atoms with Crippen LogP contribution in [0.2, 0.25) is 0 Å². The molecule has 1 fully saturated rings. The average Bonchev–Trinajstić information content (AvgIpc) is 3.06. The third-order valence-corrected chi connectivity index (χ3v) is 3.82. The van der Waals surface area contributed by atoms with Crippen molar-refractivity contribution in [2.75, 3.05) is 11.9 Å². The van der Waals surface area contributed by atoms with Gasteiger partial charge in [-0.15, -0.1) is 0 Å². The van der Waals surface area contributed by atoms with Crippen molar-refractivity contribution >= 4 is 11.6 Å². The van der Waals surface area contributed by atoms with Gasteiger partial charge in [0.1, 0.15) is 0 Å². The number of amides is 1. The van der Waals surface area contributed by atoms with Crippen LogP contribution in [0.1, 0.15) is 25.3 Å². The van der Waals surface area contributed by atoms with Crippen LogP contribution in [0.5, 0.6) is 0 Å². The Morgan fingerprint density at radius 1 is 1.41 bits per heavy atom. The Labute approximate surface area is 102 Å². The number of hydrogen-bond donors (Lipinski definition) is 2. The Kier molecular flexibility index (Phi) is 2.35. The minimum Gasteiger partial charge on any atom is -0.384 e. The number of hydrogen-bond acceptors (Lipinski definition) is 2. The van der Waals surface area contributed by atoms with Gasteiger partial charge >= 0.3 is 0 Å². The number of nitrogens with one attached hydrogen (secondary N) is 2. The molecule has 3 heteroatoms. The normalized spacial score (nSPS) is 24.4. The van der Waals surface area contributed by atoms with Gasteiger partial charge in [0.2, 0.25) is 5.91 Å². The molecule has 0 bridgehead atoms. The summed E-state index contributed by atoms with van der Waals surface area (Å²) in [6.07, 6.45) is 3.09. The maximum absolute atomic E-state index is 12.1.